The first-order valence-electron chi connectivity index (χ1n) is 5.51. The van der Waals surface area contributed by atoms with Crippen molar-refractivity contribution in [3.8, 4) is 17.0 Å². The Bertz CT molecular complexity index is 689. The summed E-state index contributed by atoms with van der Waals surface area (Å²) in [6, 6.07) is 6.23. The van der Waals surface area contributed by atoms with Gasteiger partial charge in [-0.1, -0.05) is 23.7 Å². The van der Waals surface area contributed by atoms with E-state index in [0.717, 1.165) is 18.3 Å². The number of hydrogen-bond acceptors (Lipinski definition) is 3. The van der Waals surface area contributed by atoms with Gasteiger partial charge in [0.15, 0.2) is 0 Å². The summed E-state index contributed by atoms with van der Waals surface area (Å²) in [5.74, 6) is -1.68. The first kappa shape index (κ1) is 15.1. The number of hydrogen-bond donors (Lipinski definition) is 1. The molecule has 0 bridgehead atoms. The lowest BCUT2D eigenvalue weighted by Gasteiger charge is -2.10. The van der Waals surface area contributed by atoms with Crippen LogP contribution in [0.3, 0.4) is 0 Å². The maximum Gasteiger partial charge on any atom is 0.573 e. The summed E-state index contributed by atoms with van der Waals surface area (Å²) < 4.78 is 40.3. The van der Waals surface area contributed by atoms with Gasteiger partial charge >= 0.3 is 12.3 Å². The molecule has 0 aliphatic carbocycles. The lowest BCUT2D eigenvalue weighted by atomic mass is 10.1. The molecule has 21 heavy (non-hydrogen) atoms. The van der Waals surface area contributed by atoms with E-state index in [2.05, 4.69) is 9.72 Å². The summed E-state index contributed by atoms with van der Waals surface area (Å²) in [4.78, 5) is 14.9. The predicted octanol–water partition coefficient (Wildman–Crippen LogP) is 4.00. The molecule has 110 valence electrons. The second kappa shape index (κ2) is 5.61. The Morgan fingerprint density at radius 3 is 2.62 bits per heavy atom. The molecule has 1 aromatic carbocycles. The zero-order valence-corrected chi connectivity index (χ0v) is 10.9. The second-order valence-electron chi connectivity index (χ2n) is 3.93. The maximum absolute atomic E-state index is 12.2. The highest BCUT2D eigenvalue weighted by Crippen LogP contribution is 2.28. The van der Waals surface area contributed by atoms with Crippen molar-refractivity contribution >= 4 is 17.6 Å². The summed E-state index contributed by atoms with van der Waals surface area (Å²) in [6.07, 6.45) is -3.68. The molecular weight excluding hydrogens is 311 g/mol. The van der Waals surface area contributed by atoms with Crippen LogP contribution >= 0.6 is 11.6 Å². The third-order valence-corrected chi connectivity index (χ3v) is 2.75. The molecule has 0 spiro atoms. The number of benzene rings is 1. The van der Waals surface area contributed by atoms with Gasteiger partial charge in [-0.25, -0.2) is 4.79 Å². The van der Waals surface area contributed by atoms with Gasteiger partial charge in [-0.3, -0.25) is 4.98 Å². The van der Waals surface area contributed by atoms with Crippen LogP contribution in [0, 0.1) is 0 Å². The van der Waals surface area contributed by atoms with E-state index in [4.69, 9.17) is 16.7 Å². The van der Waals surface area contributed by atoms with Crippen LogP contribution in [0.1, 0.15) is 10.4 Å². The fourth-order valence-electron chi connectivity index (χ4n) is 1.61. The molecule has 8 heteroatoms. The summed E-state index contributed by atoms with van der Waals surface area (Å²) in [7, 11) is 0. The Morgan fingerprint density at radius 2 is 2.00 bits per heavy atom. The van der Waals surface area contributed by atoms with E-state index in [9.17, 15) is 18.0 Å². The molecular formula is C13H7ClF3NO3. The number of pyridine rings is 1. The third-order valence-electron chi connectivity index (χ3n) is 2.45. The smallest absolute Gasteiger partial charge is 0.478 e. The van der Waals surface area contributed by atoms with Gasteiger partial charge in [0.25, 0.3) is 0 Å². The van der Waals surface area contributed by atoms with E-state index in [0.29, 0.717) is 0 Å². The number of alkyl halides is 3. The number of carboxylic acid groups (broad SMARTS) is 1. The lowest BCUT2D eigenvalue weighted by Crippen LogP contribution is -2.17. The van der Waals surface area contributed by atoms with Crippen molar-refractivity contribution < 1.29 is 27.8 Å². The van der Waals surface area contributed by atoms with Crippen LogP contribution in [-0.2, 0) is 0 Å². The van der Waals surface area contributed by atoms with Crippen molar-refractivity contribution in [1.82, 2.24) is 4.98 Å². The Balaban J connectivity index is 2.41. The van der Waals surface area contributed by atoms with E-state index >= 15 is 0 Å². The third kappa shape index (κ3) is 3.85. The molecule has 0 saturated carbocycles. The van der Waals surface area contributed by atoms with Crippen LogP contribution in [-0.4, -0.2) is 22.4 Å². The van der Waals surface area contributed by atoms with Crippen LogP contribution in [0.5, 0.6) is 5.75 Å². The fraction of sp³-hybridized carbons (Fsp3) is 0.0769. The first-order chi connectivity index (χ1) is 9.76. The lowest BCUT2D eigenvalue weighted by molar-refractivity contribution is -0.274. The topological polar surface area (TPSA) is 59.4 Å². The molecule has 0 radical (unpaired) electrons. The van der Waals surface area contributed by atoms with Crippen LogP contribution in [0.4, 0.5) is 13.2 Å². The van der Waals surface area contributed by atoms with Gasteiger partial charge in [-0.15, -0.1) is 13.2 Å². The molecule has 1 aromatic heterocycles. The van der Waals surface area contributed by atoms with Gasteiger partial charge in [-0.05, 0) is 18.2 Å². The number of aromatic nitrogens is 1. The molecule has 0 aliphatic heterocycles. The molecule has 0 unspecified atom stereocenters. The molecule has 1 heterocycles. The molecule has 4 nitrogen and oxygen atoms in total. The maximum atomic E-state index is 12.2. The van der Waals surface area contributed by atoms with E-state index in [1.54, 1.807) is 0 Å². The normalized spacial score (nSPS) is 11.2. The number of rotatable bonds is 3. The van der Waals surface area contributed by atoms with E-state index in [-0.39, 0.29) is 21.8 Å². The fourth-order valence-corrected chi connectivity index (χ4v) is 1.80. The summed E-state index contributed by atoms with van der Waals surface area (Å²) in [5, 5.41) is 8.90. The minimum Gasteiger partial charge on any atom is -0.478 e. The van der Waals surface area contributed by atoms with Crippen LogP contribution in [0.2, 0.25) is 5.02 Å². The van der Waals surface area contributed by atoms with Gasteiger partial charge < -0.3 is 9.84 Å². The minimum absolute atomic E-state index is 0.0612. The van der Waals surface area contributed by atoms with Crippen LogP contribution in [0.15, 0.2) is 36.5 Å². The summed E-state index contributed by atoms with van der Waals surface area (Å²) in [6.45, 7) is 0. The molecule has 0 amide bonds. The molecule has 0 fully saturated rings. The van der Waals surface area contributed by atoms with Gasteiger partial charge in [0.05, 0.1) is 16.3 Å². The van der Waals surface area contributed by atoms with Crippen molar-refractivity contribution in [3.63, 3.8) is 0 Å². The summed E-state index contributed by atoms with van der Waals surface area (Å²) in [5.41, 5.74) is 0.254. The van der Waals surface area contributed by atoms with Crippen molar-refractivity contribution in [2.24, 2.45) is 0 Å². The van der Waals surface area contributed by atoms with Crippen LogP contribution in [0.25, 0.3) is 11.3 Å². The number of aromatic carboxylic acids is 1. The number of carbonyl (C=O) groups is 1. The SMILES string of the molecule is O=C(O)c1cc(-c2cccc(OC(F)(F)F)c2)ncc1Cl. The van der Waals surface area contributed by atoms with Gasteiger partial charge in [0.2, 0.25) is 0 Å². The second-order valence-corrected chi connectivity index (χ2v) is 4.34. The highest BCUT2D eigenvalue weighted by molar-refractivity contribution is 6.33. The van der Waals surface area contributed by atoms with Crippen molar-refractivity contribution in [1.29, 1.82) is 0 Å². The molecule has 0 atom stereocenters. The quantitative estimate of drug-likeness (QED) is 0.929. The Kier molecular flexibility index (Phi) is 4.04. The number of halogens is 4. The monoisotopic (exact) mass is 317 g/mol. The first-order valence-corrected chi connectivity index (χ1v) is 5.89. The van der Waals surface area contributed by atoms with Gasteiger partial charge in [-0.2, -0.15) is 0 Å². The molecule has 0 saturated heterocycles. The Hall–Kier alpha value is -2.28. The zero-order chi connectivity index (χ0) is 15.6. The number of carboxylic acids is 1. The van der Waals surface area contributed by atoms with Crippen LogP contribution < -0.4 is 4.74 Å². The van der Waals surface area contributed by atoms with Crippen molar-refractivity contribution in [3.05, 3.63) is 47.1 Å². The number of nitrogens with zero attached hydrogens (tertiary/aromatic N) is 1. The van der Waals surface area contributed by atoms with Gasteiger partial charge in [0, 0.05) is 11.8 Å². The van der Waals surface area contributed by atoms with Gasteiger partial charge in [0.1, 0.15) is 5.75 Å². The largest absolute Gasteiger partial charge is 0.573 e. The van der Waals surface area contributed by atoms with E-state index < -0.39 is 18.1 Å². The molecule has 2 rings (SSSR count). The van der Waals surface area contributed by atoms with Crippen molar-refractivity contribution in [2.45, 2.75) is 6.36 Å². The molecule has 1 N–H and O–H groups in total. The predicted molar refractivity (Wildman–Crippen MR) is 68.3 cm³/mol. The van der Waals surface area contributed by atoms with E-state index in [1.807, 2.05) is 0 Å². The zero-order valence-electron chi connectivity index (χ0n) is 10.2. The Labute approximate surface area is 121 Å². The van der Waals surface area contributed by atoms with E-state index in [1.165, 1.54) is 18.2 Å². The highest BCUT2D eigenvalue weighted by Gasteiger charge is 2.31. The molecule has 2 aromatic rings. The minimum atomic E-state index is -4.81. The van der Waals surface area contributed by atoms with Crippen molar-refractivity contribution in [2.75, 3.05) is 0 Å². The molecule has 0 aliphatic rings. The summed E-state index contributed by atoms with van der Waals surface area (Å²) >= 11 is 5.68. The average Bonchev–Trinajstić information content (AvgIpc) is 2.37. The average molecular weight is 318 g/mol. The standard InChI is InChI=1S/C13H7ClF3NO3/c14-10-6-18-11(5-9(10)12(19)20)7-2-1-3-8(4-7)21-13(15,16)17/h1-6H,(H,19,20). The Morgan fingerprint density at radius 1 is 1.29 bits per heavy atom. The highest BCUT2D eigenvalue weighted by atomic mass is 35.5. The number of ether oxygens (including phenoxy) is 1.